The summed E-state index contributed by atoms with van der Waals surface area (Å²) in [6.07, 6.45) is 6.79. The van der Waals surface area contributed by atoms with Gasteiger partial charge in [-0.15, -0.1) is 0 Å². The van der Waals surface area contributed by atoms with Crippen LogP contribution in [0.3, 0.4) is 0 Å². The number of nitrogens with zero attached hydrogens (tertiary/aromatic N) is 5. The topological polar surface area (TPSA) is 49.8 Å². The van der Waals surface area contributed by atoms with Gasteiger partial charge in [-0.05, 0) is 79.9 Å². The van der Waals surface area contributed by atoms with Crippen molar-refractivity contribution in [2.24, 2.45) is 7.05 Å². The summed E-state index contributed by atoms with van der Waals surface area (Å²) in [7, 11) is 1.96. The maximum atomic E-state index is 13.5. The highest BCUT2D eigenvalue weighted by Crippen LogP contribution is 2.37. The maximum Gasteiger partial charge on any atom is 0.123 e. The predicted octanol–water partition coefficient (Wildman–Crippen LogP) is 5.26. The molecule has 2 aromatic carbocycles. The number of hydrogen-bond donors (Lipinski definition) is 0. The van der Waals surface area contributed by atoms with Crippen LogP contribution in [0.25, 0.3) is 27.8 Å². The first-order chi connectivity index (χ1) is 15.6. The lowest BCUT2D eigenvalue weighted by Crippen LogP contribution is -2.33. The van der Waals surface area contributed by atoms with Gasteiger partial charge in [0.25, 0.3) is 0 Å². The molecule has 4 aromatic rings. The molecule has 32 heavy (non-hydrogen) atoms. The second-order valence-corrected chi connectivity index (χ2v) is 8.53. The molecule has 5 rings (SSSR count). The number of piperidine rings is 1. The monoisotopic (exact) mass is 427 g/mol. The van der Waals surface area contributed by atoms with Gasteiger partial charge in [-0.2, -0.15) is 10.4 Å². The first-order valence-electron chi connectivity index (χ1n) is 11.1. The molecule has 3 heterocycles. The third-order valence-corrected chi connectivity index (χ3v) is 6.62. The van der Waals surface area contributed by atoms with Crippen molar-refractivity contribution in [1.82, 2.24) is 19.2 Å². The van der Waals surface area contributed by atoms with Crippen LogP contribution in [0.1, 0.15) is 30.7 Å². The molecule has 0 saturated carbocycles. The third kappa shape index (κ3) is 3.80. The summed E-state index contributed by atoms with van der Waals surface area (Å²) in [5.41, 5.74) is 5.65. The lowest BCUT2D eigenvalue weighted by atomic mass is 9.88. The van der Waals surface area contributed by atoms with E-state index in [1.807, 2.05) is 36.1 Å². The average molecular weight is 428 g/mol. The van der Waals surface area contributed by atoms with Crippen LogP contribution in [0.5, 0.6) is 0 Å². The van der Waals surface area contributed by atoms with Crippen molar-refractivity contribution in [2.75, 3.05) is 19.6 Å². The van der Waals surface area contributed by atoms with E-state index in [9.17, 15) is 4.39 Å². The van der Waals surface area contributed by atoms with Crippen LogP contribution in [0.2, 0.25) is 0 Å². The number of aryl methyl sites for hydroxylation is 1. The lowest BCUT2D eigenvalue weighted by Gasteiger charge is -2.31. The second kappa shape index (κ2) is 8.60. The Balaban J connectivity index is 1.57. The van der Waals surface area contributed by atoms with Gasteiger partial charge in [0.05, 0.1) is 17.3 Å². The Morgan fingerprint density at radius 2 is 1.88 bits per heavy atom. The highest BCUT2D eigenvalue weighted by Gasteiger charge is 2.24. The highest BCUT2D eigenvalue weighted by atomic mass is 19.1. The van der Waals surface area contributed by atoms with E-state index in [2.05, 4.69) is 45.0 Å². The zero-order valence-electron chi connectivity index (χ0n) is 18.2. The molecule has 162 valence electrons. The van der Waals surface area contributed by atoms with Crippen LogP contribution in [0.15, 0.2) is 60.9 Å². The van der Waals surface area contributed by atoms with Gasteiger partial charge in [-0.3, -0.25) is 4.68 Å². The summed E-state index contributed by atoms with van der Waals surface area (Å²) >= 11 is 0. The van der Waals surface area contributed by atoms with Crippen LogP contribution in [-0.4, -0.2) is 38.9 Å². The van der Waals surface area contributed by atoms with E-state index in [0.717, 1.165) is 54.9 Å². The Bertz CT molecular complexity index is 1270. The van der Waals surface area contributed by atoms with Gasteiger partial charge in [-0.25, -0.2) is 4.39 Å². The molecule has 0 spiro atoms. The minimum Gasteiger partial charge on any atom is -0.316 e. The molecule has 5 nitrogen and oxygen atoms in total. The summed E-state index contributed by atoms with van der Waals surface area (Å²) < 4.78 is 17.6. The normalized spacial score (nSPS) is 15.3. The SMILES string of the molecule is Cn1nccc1-c1ccc2c(c1)c(C1CCN(CCC#N)CC1)cn2-c1ccc(F)cc1. The zero-order valence-corrected chi connectivity index (χ0v) is 18.2. The Morgan fingerprint density at radius 1 is 1.09 bits per heavy atom. The van der Waals surface area contributed by atoms with Crippen LogP contribution in [-0.2, 0) is 7.05 Å². The van der Waals surface area contributed by atoms with E-state index in [1.54, 1.807) is 0 Å². The van der Waals surface area contributed by atoms with Crippen molar-refractivity contribution >= 4 is 10.9 Å². The Labute approximate surface area is 187 Å². The molecule has 0 bridgehead atoms. The van der Waals surface area contributed by atoms with Crippen LogP contribution < -0.4 is 0 Å². The van der Waals surface area contributed by atoms with Crippen molar-refractivity contribution in [3.8, 4) is 23.0 Å². The van der Waals surface area contributed by atoms with Gasteiger partial charge in [0.1, 0.15) is 5.82 Å². The first kappa shape index (κ1) is 20.5. The minimum atomic E-state index is -0.228. The molecular formula is C26H26FN5. The molecule has 1 saturated heterocycles. The largest absolute Gasteiger partial charge is 0.316 e. The third-order valence-electron chi connectivity index (χ3n) is 6.62. The fraction of sp³-hybridized carbons (Fsp3) is 0.308. The first-order valence-corrected chi connectivity index (χ1v) is 11.1. The molecule has 0 aliphatic carbocycles. The molecule has 6 heteroatoms. The fourth-order valence-electron chi connectivity index (χ4n) is 4.89. The van der Waals surface area contributed by atoms with Crippen molar-refractivity contribution in [1.29, 1.82) is 5.26 Å². The summed E-state index contributed by atoms with van der Waals surface area (Å²) in [6.45, 7) is 2.87. The lowest BCUT2D eigenvalue weighted by molar-refractivity contribution is 0.217. The predicted molar refractivity (Wildman–Crippen MR) is 124 cm³/mol. The van der Waals surface area contributed by atoms with Crippen molar-refractivity contribution < 1.29 is 4.39 Å². The molecule has 1 fully saturated rings. The molecule has 1 aliphatic heterocycles. The number of aromatic nitrogens is 3. The molecule has 2 aromatic heterocycles. The molecular weight excluding hydrogens is 401 g/mol. The Morgan fingerprint density at radius 3 is 2.56 bits per heavy atom. The average Bonchev–Trinajstić information content (AvgIpc) is 3.42. The van der Waals surface area contributed by atoms with Gasteiger partial charge < -0.3 is 9.47 Å². The van der Waals surface area contributed by atoms with Crippen molar-refractivity contribution in [2.45, 2.75) is 25.2 Å². The number of nitriles is 1. The molecule has 0 N–H and O–H groups in total. The summed E-state index contributed by atoms with van der Waals surface area (Å²) in [5, 5.41) is 14.5. The molecule has 0 unspecified atom stereocenters. The van der Waals surface area contributed by atoms with Crippen molar-refractivity contribution in [3.05, 3.63) is 72.3 Å². The van der Waals surface area contributed by atoms with Crippen molar-refractivity contribution in [3.63, 3.8) is 0 Å². The maximum absolute atomic E-state index is 13.5. The summed E-state index contributed by atoms with van der Waals surface area (Å²) in [4.78, 5) is 2.39. The molecule has 1 aliphatic rings. The number of likely N-dealkylation sites (tertiary alicyclic amines) is 1. The Hall–Kier alpha value is -3.43. The van der Waals surface area contributed by atoms with Gasteiger partial charge in [0, 0.05) is 49.0 Å². The molecule has 0 amide bonds. The quantitative estimate of drug-likeness (QED) is 0.436. The van der Waals surface area contributed by atoms with E-state index in [4.69, 9.17) is 5.26 Å². The second-order valence-electron chi connectivity index (χ2n) is 8.53. The highest BCUT2D eigenvalue weighted by molar-refractivity contribution is 5.90. The van der Waals surface area contributed by atoms with E-state index in [0.29, 0.717) is 12.3 Å². The fourth-order valence-corrected chi connectivity index (χ4v) is 4.89. The zero-order chi connectivity index (χ0) is 22.1. The number of halogens is 1. The number of rotatable bonds is 5. The van der Waals surface area contributed by atoms with Gasteiger partial charge in [0.2, 0.25) is 0 Å². The van der Waals surface area contributed by atoms with Crippen LogP contribution >= 0.6 is 0 Å². The van der Waals surface area contributed by atoms with Gasteiger partial charge in [-0.1, -0.05) is 6.07 Å². The van der Waals surface area contributed by atoms with E-state index in [1.165, 1.54) is 23.1 Å². The smallest absolute Gasteiger partial charge is 0.123 e. The summed E-state index contributed by atoms with van der Waals surface area (Å²) in [6, 6.07) is 17.5. The van der Waals surface area contributed by atoms with E-state index in [-0.39, 0.29) is 5.82 Å². The number of fused-ring (bicyclic) bond motifs is 1. The number of benzene rings is 2. The number of hydrogen-bond acceptors (Lipinski definition) is 3. The van der Waals surface area contributed by atoms with E-state index < -0.39 is 0 Å². The molecule has 0 radical (unpaired) electrons. The van der Waals surface area contributed by atoms with Crippen LogP contribution in [0.4, 0.5) is 4.39 Å². The van der Waals surface area contributed by atoms with E-state index >= 15 is 0 Å². The van der Waals surface area contributed by atoms with Crippen LogP contribution in [0, 0.1) is 17.1 Å². The summed E-state index contributed by atoms with van der Waals surface area (Å²) in [5.74, 6) is 0.230. The van der Waals surface area contributed by atoms with Gasteiger partial charge >= 0.3 is 0 Å². The van der Waals surface area contributed by atoms with Gasteiger partial charge in [0.15, 0.2) is 0 Å². The molecule has 0 atom stereocenters. The minimum absolute atomic E-state index is 0.228. The standard InChI is InChI=1S/C26H26FN5/c1-30-25(9-13-29-30)20-3-8-26-23(17-20)24(18-32(26)22-6-4-21(27)5-7-22)19-10-15-31(16-11-19)14-2-12-28/h3-9,13,17-19H,2,10-11,14-16H2,1H3. The Kier molecular flexibility index (Phi) is 5.50.